The predicted molar refractivity (Wildman–Crippen MR) is 94.0 cm³/mol. The second-order valence-corrected chi connectivity index (χ2v) is 6.82. The van der Waals surface area contributed by atoms with Crippen LogP contribution in [0.3, 0.4) is 0 Å². The van der Waals surface area contributed by atoms with Gasteiger partial charge in [-0.25, -0.2) is 4.79 Å². The van der Waals surface area contributed by atoms with Crippen LogP contribution in [-0.4, -0.2) is 29.8 Å². The minimum atomic E-state index is -0.134. The summed E-state index contributed by atoms with van der Waals surface area (Å²) in [7, 11) is 0. The number of carbonyl (C=O) groups excluding carboxylic acids is 1. The van der Waals surface area contributed by atoms with Crippen molar-refractivity contribution < 1.29 is 9.53 Å². The second-order valence-electron chi connectivity index (χ2n) is 6.82. The molecule has 0 saturated heterocycles. The average molecular weight is 325 g/mol. The summed E-state index contributed by atoms with van der Waals surface area (Å²) in [6.07, 6.45) is 8.32. The van der Waals surface area contributed by atoms with Crippen LogP contribution in [0.5, 0.6) is 0 Å². The van der Waals surface area contributed by atoms with Crippen LogP contribution in [0, 0.1) is 5.41 Å². The standard InChI is InChI=1S/C19H23N3O2/c1-2-24-17-11-16(19(17)8-4-9-19)22-18(23)21-15-6-3-5-13-12-20-10-7-14(13)15/h3,5-7,10,12,16-17H,2,4,8-9,11H2,1H3,(H2,21,22,23)/t16-,17+/m1/s1. The lowest BCUT2D eigenvalue weighted by Crippen LogP contribution is -2.68. The van der Waals surface area contributed by atoms with Gasteiger partial charge in [-0.2, -0.15) is 0 Å². The van der Waals surface area contributed by atoms with Gasteiger partial charge in [-0.15, -0.1) is 0 Å². The SMILES string of the molecule is CCO[C@H]1C[C@@H](NC(=O)Nc2cccc3cnccc23)C12CCC2. The van der Waals surface area contributed by atoms with Gasteiger partial charge in [0.2, 0.25) is 0 Å². The molecule has 2 saturated carbocycles. The van der Waals surface area contributed by atoms with Crippen molar-refractivity contribution in [3.05, 3.63) is 36.7 Å². The van der Waals surface area contributed by atoms with E-state index in [-0.39, 0.29) is 17.5 Å². The topological polar surface area (TPSA) is 63.2 Å². The molecule has 2 amide bonds. The van der Waals surface area contributed by atoms with Crippen molar-refractivity contribution in [1.29, 1.82) is 0 Å². The molecule has 1 aromatic heterocycles. The number of hydrogen-bond donors (Lipinski definition) is 2. The summed E-state index contributed by atoms with van der Waals surface area (Å²) >= 11 is 0. The first kappa shape index (κ1) is 15.4. The predicted octanol–water partition coefficient (Wildman–Crippen LogP) is 3.70. The molecular weight excluding hydrogens is 302 g/mol. The largest absolute Gasteiger partial charge is 0.378 e. The van der Waals surface area contributed by atoms with Crippen molar-refractivity contribution in [2.45, 2.75) is 44.8 Å². The highest BCUT2D eigenvalue weighted by Gasteiger charge is 2.59. The first-order valence-corrected chi connectivity index (χ1v) is 8.75. The van der Waals surface area contributed by atoms with Gasteiger partial charge >= 0.3 is 6.03 Å². The molecule has 4 rings (SSSR count). The number of aromatic nitrogens is 1. The number of urea groups is 1. The Morgan fingerprint density at radius 2 is 2.25 bits per heavy atom. The molecule has 1 aromatic carbocycles. The second kappa shape index (κ2) is 6.06. The number of fused-ring (bicyclic) bond motifs is 1. The quantitative estimate of drug-likeness (QED) is 0.901. The fraction of sp³-hybridized carbons (Fsp3) is 0.474. The van der Waals surface area contributed by atoms with Gasteiger partial charge in [0.25, 0.3) is 0 Å². The summed E-state index contributed by atoms with van der Waals surface area (Å²) in [5, 5.41) is 8.18. The summed E-state index contributed by atoms with van der Waals surface area (Å²) in [6, 6.07) is 7.86. The number of rotatable bonds is 4. The van der Waals surface area contributed by atoms with Gasteiger partial charge in [0.1, 0.15) is 0 Å². The van der Waals surface area contributed by atoms with E-state index in [1.807, 2.05) is 31.2 Å². The zero-order chi connectivity index (χ0) is 16.6. The third-order valence-electron chi connectivity index (χ3n) is 5.67. The van der Waals surface area contributed by atoms with Crippen molar-refractivity contribution in [2.24, 2.45) is 5.41 Å². The number of pyridine rings is 1. The monoisotopic (exact) mass is 325 g/mol. The highest BCUT2D eigenvalue weighted by atomic mass is 16.5. The minimum Gasteiger partial charge on any atom is -0.378 e. The molecule has 5 heteroatoms. The molecule has 2 N–H and O–H groups in total. The molecule has 1 heterocycles. The molecule has 5 nitrogen and oxygen atoms in total. The van der Waals surface area contributed by atoms with E-state index in [9.17, 15) is 4.79 Å². The maximum atomic E-state index is 12.5. The van der Waals surface area contributed by atoms with Gasteiger partial charge in [-0.05, 0) is 38.3 Å². The summed E-state index contributed by atoms with van der Waals surface area (Å²) in [6.45, 7) is 2.78. The minimum absolute atomic E-state index is 0.134. The molecule has 0 bridgehead atoms. The third kappa shape index (κ3) is 2.44. The molecule has 1 spiro atoms. The number of hydrogen-bond acceptors (Lipinski definition) is 3. The van der Waals surface area contributed by atoms with E-state index in [0.29, 0.717) is 6.10 Å². The van der Waals surface area contributed by atoms with Gasteiger partial charge in [0.05, 0.1) is 11.8 Å². The first-order valence-electron chi connectivity index (χ1n) is 8.75. The van der Waals surface area contributed by atoms with E-state index in [4.69, 9.17) is 4.74 Å². The lowest BCUT2D eigenvalue weighted by atomic mass is 9.51. The Hall–Kier alpha value is -2.14. The smallest absolute Gasteiger partial charge is 0.319 e. The fourth-order valence-electron chi connectivity index (χ4n) is 4.19. The van der Waals surface area contributed by atoms with Gasteiger partial charge in [0.15, 0.2) is 0 Å². The highest BCUT2D eigenvalue weighted by Crippen LogP contribution is 2.57. The first-order chi connectivity index (χ1) is 11.7. The zero-order valence-electron chi connectivity index (χ0n) is 13.9. The number of benzene rings is 1. The highest BCUT2D eigenvalue weighted by molar-refractivity contribution is 6.01. The van der Waals surface area contributed by atoms with Crippen LogP contribution in [-0.2, 0) is 4.74 Å². The van der Waals surface area contributed by atoms with Gasteiger partial charge in [0, 0.05) is 41.2 Å². The molecule has 2 aromatic rings. The number of nitrogens with one attached hydrogen (secondary N) is 2. The van der Waals surface area contributed by atoms with E-state index in [2.05, 4.69) is 15.6 Å². The Kier molecular flexibility index (Phi) is 3.88. The van der Waals surface area contributed by atoms with Crippen LogP contribution in [0.2, 0.25) is 0 Å². The molecule has 2 atom stereocenters. The third-order valence-corrected chi connectivity index (χ3v) is 5.67. The molecule has 0 radical (unpaired) electrons. The van der Waals surface area contributed by atoms with E-state index in [1.165, 1.54) is 6.42 Å². The maximum Gasteiger partial charge on any atom is 0.319 e. The van der Waals surface area contributed by atoms with Gasteiger partial charge < -0.3 is 15.4 Å². The Balaban J connectivity index is 1.44. The van der Waals surface area contributed by atoms with Crippen molar-refractivity contribution in [1.82, 2.24) is 10.3 Å². The lowest BCUT2D eigenvalue weighted by molar-refractivity contribution is -0.169. The number of carbonyl (C=O) groups is 1. The summed E-state index contributed by atoms with van der Waals surface area (Å²) < 4.78 is 5.84. The van der Waals surface area contributed by atoms with E-state index in [0.717, 1.165) is 42.3 Å². The van der Waals surface area contributed by atoms with Crippen LogP contribution >= 0.6 is 0 Å². The van der Waals surface area contributed by atoms with Crippen LogP contribution < -0.4 is 10.6 Å². The summed E-state index contributed by atoms with van der Waals surface area (Å²) in [5.41, 5.74) is 0.992. The molecule has 0 aliphatic heterocycles. The molecular formula is C19H23N3O2. The average Bonchev–Trinajstić information content (AvgIpc) is 2.52. The molecule has 24 heavy (non-hydrogen) atoms. The van der Waals surface area contributed by atoms with Crippen LogP contribution in [0.15, 0.2) is 36.7 Å². The van der Waals surface area contributed by atoms with Crippen LogP contribution in [0.25, 0.3) is 10.8 Å². The van der Waals surface area contributed by atoms with Crippen molar-refractivity contribution in [3.63, 3.8) is 0 Å². The van der Waals surface area contributed by atoms with Gasteiger partial charge in [-0.3, -0.25) is 4.98 Å². The molecule has 2 aliphatic carbocycles. The molecule has 2 aliphatic rings. The van der Waals surface area contributed by atoms with Crippen molar-refractivity contribution >= 4 is 22.5 Å². The normalized spacial score (nSPS) is 24.2. The maximum absolute atomic E-state index is 12.5. The Morgan fingerprint density at radius 3 is 3.00 bits per heavy atom. The fourth-order valence-corrected chi connectivity index (χ4v) is 4.19. The van der Waals surface area contributed by atoms with E-state index >= 15 is 0 Å². The molecule has 2 fully saturated rings. The van der Waals surface area contributed by atoms with E-state index in [1.54, 1.807) is 12.4 Å². The number of ether oxygens (including phenoxy) is 1. The van der Waals surface area contributed by atoms with E-state index < -0.39 is 0 Å². The number of amides is 2. The van der Waals surface area contributed by atoms with Crippen LogP contribution in [0.4, 0.5) is 10.5 Å². The Bertz CT molecular complexity index is 752. The number of nitrogens with zero attached hydrogens (tertiary/aromatic N) is 1. The summed E-state index contributed by atoms with van der Waals surface area (Å²) in [4.78, 5) is 16.6. The lowest BCUT2D eigenvalue weighted by Gasteiger charge is -2.60. The number of anilines is 1. The molecule has 0 unspecified atom stereocenters. The molecule has 126 valence electrons. The van der Waals surface area contributed by atoms with Gasteiger partial charge in [-0.1, -0.05) is 18.6 Å². The van der Waals surface area contributed by atoms with Crippen LogP contribution in [0.1, 0.15) is 32.6 Å². The Morgan fingerprint density at radius 1 is 1.38 bits per heavy atom. The summed E-state index contributed by atoms with van der Waals surface area (Å²) in [5.74, 6) is 0. The Labute approximate surface area is 141 Å². The van der Waals surface area contributed by atoms with Crippen molar-refractivity contribution in [2.75, 3.05) is 11.9 Å². The zero-order valence-corrected chi connectivity index (χ0v) is 13.9. The van der Waals surface area contributed by atoms with Crippen molar-refractivity contribution in [3.8, 4) is 0 Å².